The Balaban J connectivity index is 1.75. The van der Waals surface area contributed by atoms with Crippen LogP contribution in [-0.2, 0) is 12.8 Å². The van der Waals surface area contributed by atoms with E-state index in [1.54, 1.807) is 26.4 Å². The SMILES string of the molecule is COc1ccc(CC2CCCc3c(C=O)nn(-c4ccc(F)cc4)c32)cc1OC. The molecule has 3 aromatic rings. The van der Waals surface area contributed by atoms with Crippen LogP contribution in [0.5, 0.6) is 11.5 Å². The summed E-state index contributed by atoms with van der Waals surface area (Å²) >= 11 is 0. The van der Waals surface area contributed by atoms with E-state index in [-0.39, 0.29) is 11.7 Å². The van der Waals surface area contributed by atoms with Crippen molar-refractivity contribution in [3.63, 3.8) is 0 Å². The van der Waals surface area contributed by atoms with Crippen molar-refractivity contribution in [2.24, 2.45) is 0 Å². The molecule has 1 aliphatic rings. The fourth-order valence-electron chi connectivity index (χ4n) is 4.18. The molecule has 0 saturated carbocycles. The van der Waals surface area contributed by atoms with Crippen LogP contribution in [0.15, 0.2) is 42.5 Å². The summed E-state index contributed by atoms with van der Waals surface area (Å²) in [6.07, 6.45) is 4.43. The third-order valence-corrected chi connectivity index (χ3v) is 5.53. The van der Waals surface area contributed by atoms with Crippen LogP contribution in [0.25, 0.3) is 5.69 Å². The van der Waals surface area contributed by atoms with Crippen LogP contribution in [0, 0.1) is 5.82 Å². The molecule has 4 rings (SSSR count). The summed E-state index contributed by atoms with van der Waals surface area (Å²) in [5, 5.41) is 4.54. The fourth-order valence-corrected chi connectivity index (χ4v) is 4.18. The number of hydrogen-bond donors (Lipinski definition) is 0. The van der Waals surface area contributed by atoms with Crippen molar-refractivity contribution in [2.75, 3.05) is 14.2 Å². The van der Waals surface area contributed by atoms with E-state index in [1.165, 1.54) is 12.1 Å². The van der Waals surface area contributed by atoms with E-state index in [1.807, 2.05) is 22.9 Å². The summed E-state index contributed by atoms with van der Waals surface area (Å²) in [5.74, 6) is 1.29. The van der Waals surface area contributed by atoms with Gasteiger partial charge in [-0.25, -0.2) is 9.07 Å². The lowest BCUT2D eigenvalue weighted by Gasteiger charge is -2.25. The second kappa shape index (κ2) is 8.07. The maximum Gasteiger partial charge on any atom is 0.170 e. The van der Waals surface area contributed by atoms with Gasteiger partial charge in [-0.05, 0) is 67.6 Å². The summed E-state index contributed by atoms with van der Waals surface area (Å²) in [6.45, 7) is 0. The monoisotopic (exact) mass is 394 g/mol. The Morgan fingerprint density at radius 3 is 2.59 bits per heavy atom. The number of carbonyl (C=O) groups is 1. The summed E-state index contributed by atoms with van der Waals surface area (Å²) in [4.78, 5) is 11.6. The minimum atomic E-state index is -0.299. The molecule has 150 valence electrons. The Hall–Kier alpha value is -3.15. The number of aldehydes is 1. The zero-order valence-electron chi connectivity index (χ0n) is 16.5. The number of nitrogens with zero attached hydrogens (tertiary/aromatic N) is 2. The molecule has 0 bridgehead atoms. The molecule has 0 spiro atoms. The van der Waals surface area contributed by atoms with E-state index in [0.717, 1.165) is 54.5 Å². The molecule has 0 aliphatic heterocycles. The normalized spacial score (nSPS) is 15.6. The number of fused-ring (bicyclic) bond motifs is 1. The molecule has 29 heavy (non-hydrogen) atoms. The molecule has 1 aromatic heterocycles. The van der Waals surface area contributed by atoms with Crippen LogP contribution in [0.2, 0.25) is 0 Å². The molecule has 1 heterocycles. The molecule has 1 aliphatic carbocycles. The topological polar surface area (TPSA) is 53.3 Å². The number of rotatable bonds is 6. The molecule has 6 heteroatoms. The number of aromatic nitrogens is 2. The quantitative estimate of drug-likeness (QED) is 0.578. The Bertz CT molecular complexity index is 1030. The van der Waals surface area contributed by atoms with Gasteiger partial charge in [0, 0.05) is 11.5 Å². The molecule has 0 fully saturated rings. The number of hydrogen-bond acceptors (Lipinski definition) is 4. The van der Waals surface area contributed by atoms with Crippen molar-refractivity contribution < 1.29 is 18.7 Å². The highest BCUT2D eigenvalue weighted by Crippen LogP contribution is 2.38. The molecule has 0 N–H and O–H groups in total. The van der Waals surface area contributed by atoms with Gasteiger partial charge >= 0.3 is 0 Å². The number of ether oxygens (including phenoxy) is 2. The summed E-state index contributed by atoms with van der Waals surface area (Å²) in [7, 11) is 3.24. The van der Waals surface area contributed by atoms with Crippen molar-refractivity contribution in [3.05, 3.63) is 70.8 Å². The summed E-state index contributed by atoms with van der Waals surface area (Å²) in [6, 6.07) is 12.2. The van der Waals surface area contributed by atoms with E-state index >= 15 is 0 Å². The first-order chi connectivity index (χ1) is 14.1. The van der Waals surface area contributed by atoms with Gasteiger partial charge in [0.05, 0.1) is 25.6 Å². The second-order valence-corrected chi connectivity index (χ2v) is 7.24. The van der Waals surface area contributed by atoms with Gasteiger partial charge in [0.1, 0.15) is 11.5 Å². The van der Waals surface area contributed by atoms with Crippen LogP contribution < -0.4 is 9.47 Å². The maximum atomic E-state index is 13.4. The highest BCUT2D eigenvalue weighted by molar-refractivity contribution is 5.75. The lowest BCUT2D eigenvalue weighted by Crippen LogP contribution is -2.16. The zero-order chi connectivity index (χ0) is 20.4. The molecule has 2 aromatic carbocycles. The minimum Gasteiger partial charge on any atom is -0.493 e. The Labute approximate surface area is 169 Å². The maximum absolute atomic E-state index is 13.4. The molecular weight excluding hydrogens is 371 g/mol. The van der Waals surface area contributed by atoms with Gasteiger partial charge in [0.15, 0.2) is 17.8 Å². The summed E-state index contributed by atoms with van der Waals surface area (Å²) in [5.41, 5.74) is 4.40. The van der Waals surface area contributed by atoms with Crippen LogP contribution in [0.3, 0.4) is 0 Å². The lowest BCUT2D eigenvalue weighted by molar-refractivity contribution is 0.111. The van der Waals surface area contributed by atoms with Gasteiger partial charge in [-0.15, -0.1) is 0 Å². The average Bonchev–Trinajstić information content (AvgIpc) is 3.14. The van der Waals surface area contributed by atoms with Crippen molar-refractivity contribution in [1.29, 1.82) is 0 Å². The van der Waals surface area contributed by atoms with Crippen LogP contribution >= 0.6 is 0 Å². The number of benzene rings is 2. The van der Waals surface area contributed by atoms with Gasteiger partial charge in [-0.1, -0.05) is 6.07 Å². The van der Waals surface area contributed by atoms with Gasteiger partial charge in [0.2, 0.25) is 0 Å². The summed E-state index contributed by atoms with van der Waals surface area (Å²) < 4.78 is 26.0. The van der Waals surface area contributed by atoms with Crippen molar-refractivity contribution in [2.45, 2.75) is 31.6 Å². The first-order valence-electron chi connectivity index (χ1n) is 9.68. The Morgan fingerprint density at radius 2 is 1.90 bits per heavy atom. The van der Waals surface area contributed by atoms with Gasteiger partial charge < -0.3 is 9.47 Å². The molecule has 1 unspecified atom stereocenters. The van der Waals surface area contributed by atoms with E-state index in [4.69, 9.17) is 9.47 Å². The molecule has 0 amide bonds. The zero-order valence-corrected chi connectivity index (χ0v) is 16.5. The molecule has 1 atom stereocenters. The van der Waals surface area contributed by atoms with Crippen molar-refractivity contribution in [3.8, 4) is 17.2 Å². The van der Waals surface area contributed by atoms with Crippen LogP contribution in [0.1, 0.15) is 46.1 Å². The number of methoxy groups -OCH3 is 2. The molecule has 0 radical (unpaired) electrons. The standard InChI is InChI=1S/C23H23FN2O3/c1-28-21-11-6-15(13-22(21)29-2)12-16-4-3-5-19-20(14-27)25-26(23(16)19)18-9-7-17(24)8-10-18/h6-11,13-14,16H,3-5,12H2,1-2H3. The van der Waals surface area contributed by atoms with Gasteiger partial charge in [-0.2, -0.15) is 5.10 Å². The van der Waals surface area contributed by atoms with Gasteiger partial charge in [0.25, 0.3) is 0 Å². The van der Waals surface area contributed by atoms with Crippen molar-refractivity contribution in [1.82, 2.24) is 9.78 Å². The third-order valence-electron chi connectivity index (χ3n) is 5.53. The second-order valence-electron chi connectivity index (χ2n) is 7.24. The largest absolute Gasteiger partial charge is 0.493 e. The van der Waals surface area contributed by atoms with Crippen LogP contribution in [0.4, 0.5) is 4.39 Å². The highest BCUT2D eigenvalue weighted by Gasteiger charge is 2.29. The minimum absolute atomic E-state index is 0.197. The number of carbonyl (C=O) groups excluding carboxylic acids is 1. The molecule has 5 nitrogen and oxygen atoms in total. The smallest absolute Gasteiger partial charge is 0.170 e. The van der Waals surface area contributed by atoms with E-state index < -0.39 is 0 Å². The van der Waals surface area contributed by atoms with E-state index in [2.05, 4.69) is 5.10 Å². The van der Waals surface area contributed by atoms with Gasteiger partial charge in [-0.3, -0.25) is 4.79 Å². The molecule has 0 saturated heterocycles. The van der Waals surface area contributed by atoms with E-state index in [9.17, 15) is 9.18 Å². The first-order valence-corrected chi connectivity index (χ1v) is 9.68. The Kier molecular flexibility index (Phi) is 5.34. The average molecular weight is 394 g/mol. The Morgan fingerprint density at radius 1 is 1.14 bits per heavy atom. The molecular formula is C23H23FN2O3. The third kappa shape index (κ3) is 3.62. The van der Waals surface area contributed by atoms with E-state index in [0.29, 0.717) is 17.2 Å². The fraction of sp³-hybridized carbons (Fsp3) is 0.304. The van der Waals surface area contributed by atoms with Crippen LogP contribution in [-0.4, -0.2) is 30.3 Å². The predicted molar refractivity (Wildman–Crippen MR) is 108 cm³/mol. The lowest BCUT2D eigenvalue weighted by atomic mass is 9.82. The first kappa shape index (κ1) is 19.2. The number of halogens is 1. The predicted octanol–water partition coefficient (Wildman–Crippen LogP) is 4.50. The van der Waals surface area contributed by atoms with Crippen molar-refractivity contribution >= 4 is 6.29 Å². The highest BCUT2D eigenvalue weighted by atomic mass is 19.1.